The Kier molecular flexibility index (Phi) is 5.91. The molecule has 0 aromatic carbocycles. The fraction of sp³-hybridized carbons (Fsp3) is 0.800. The molecule has 0 aliphatic rings. The Morgan fingerprint density at radius 2 is 1.91 bits per heavy atom. The number of aliphatic carboxylic acids is 1. The van der Waals surface area contributed by atoms with Crippen LogP contribution in [0.25, 0.3) is 0 Å². The van der Waals surface area contributed by atoms with Gasteiger partial charge in [-0.05, 0) is 6.42 Å². The molecule has 0 aliphatic heterocycles. The van der Waals surface area contributed by atoms with E-state index >= 15 is 0 Å². The van der Waals surface area contributed by atoms with Crippen LogP contribution < -0.4 is 11.5 Å². The highest BCUT2D eigenvalue weighted by molar-refractivity contribution is 14.1. The number of nitrogens with two attached hydrogens (primary N) is 2. The molecule has 2 unspecified atom stereocenters. The molecule has 3 atom stereocenters. The van der Waals surface area contributed by atoms with Gasteiger partial charge in [0.15, 0.2) is 0 Å². The van der Waals surface area contributed by atoms with Crippen molar-refractivity contribution in [3.63, 3.8) is 0 Å². The lowest BCUT2D eigenvalue weighted by molar-refractivity contribution is -0.138. The van der Waals surface area contributed by atoms with E-state index in [4.69, 9.17) is 16.6 Å². The summed E-state index contributed by atoms with van der Waals surface area (Å²) < 4.78 is -0.128. The Bertz CT molecular complexity index is 142. The summed E-state index contributed by atoms with van der Waals surface area (Å²) in [6.07, 6.45) is 0.620. The van der Waals surface area contributed by atoms with Crippen molar-refractivity contribution in [1.29, 1.82) is 0 Å². The zero-order chi connectivity index (χ0) is 9.02. The number of rotatable bonds is 4. The summed E-state index contributed by atoms with van der Waals surface area (Å²) in [6, 6.07) is -0.809. The number of halogens is 2. The number of carboxylic acids is 1. The molecule has 4 nitrogen and oxygen atoms in total. The van der Waals surface area contributed by atoms with Gasteiger partial charge in [0.2, 0.25) is 0 Å². The third-order valence-electron chi connectivity index (χ3n) is 1.13. The molecule has 0 amide bonds. The van der Waals surface area contributed by atoms with Crippen LogP contribution >= 0.6 is 45.2 Å². The molecular weight excluding hydrogens is 374 g/mol. The van der Waals surface area contributed by atoms with Gasteiger partial charge in [0.05, 0.1) is 4.05 Å². The van der Waals surface area contributed by atoms with E-state index < -0.39 is 12.0 Å². The minimum absolute atomic E-state index is 0.0279. The van der Waals surface area contributed by atoms with Crippen molar-refractivity contribution >= 4 is 51.2 Å². The first-order valence-corrected chi connectivity index (χ1v) is 5.46. The molecule has 0 saturated carbocycles. The van der Waals surface area contributed by atoms with E-state index in [0.29, 0.717) is 6.42 Å². The standard InChI is InChI=1S/C5H10I2N2O2/c6-2(1-3(7)8)4(9)5(10)11/h2-4H,1,8-9H2,(H,10,11)/t2?,3?,4-/m0/s1. The lowest BCUT2D eigenvalue weighted by Gasteiger charge is -2.14. The summed E-state index contributed by atoms with van der Waals surface area (Å²) in [4.78, 5) is 10.3. The highest BCUT2D eigenvalue weighted by atomic mass is 127. The average Bonchev–Trinajstić information content (AvgIpc) is 1.84. The second kappa shape index (κ2) is 5.49. The molecule has 0 fully saturated rings. The number of hydrogen-bond donors (Lipinski definition) is 3. The Morgan fingerprint density at radius 3 is 2.18 bits per heavy atom. The van der Waals surface area contributed by atoms with Crippen LogP contribution in [0.5, 0.6) is 0 Å². The molecule has 0 rings (SSSR count). The van der Waals surface area contributed by atoms with E-state index in [-0.39, 0.29) is 7.97 Å². The molecule has 0 spiro atoms. The molecule has 0 radical (unpaired) electrons. The molecule has 0 heterocycles. The molecule has 0 aromatic heterocycles. The molecule has 6 heteroatoms. The van der Waals surface area contributed by atoms with Crippen LogP contribution in [0, 0.1) is 0 Å². The average molecular weight is 384 g/mol. The van der Waals surface area contributed by atoms with Gasteiger partial charge in [0.1, 0.15) is 6.04 Å². The molecular formula is C5H10I2N2O2. The van der Waals surface area contributed by atoms with Crippen LogP contribution in [0.4, 0.5) is 0 Å². The summed E-state index contributed by atoms with van der Waals surface area (Å²) >= 11 is 4.05. The maximum absolute atomic E-state index is 10.3. The van der Waals surface area contributed by atoms with E-state index in [1.54, 1.807) is 0 Å². The van der Waals surface area contributed by atoms with Gasteiger partial charge in [0, 0.05) is 3.92 Å². The molecule has 0 bridgehead atoms. The summed E-state index contributed by atoms with van der Waals surface area (Å²) in [5.74, 6) is -0.971. The van der Waals surface area contributed by atoms with Crippen LogP contribution in [0.1, 0.15) is 6.42 Å². The fourth-order valence-electron chi connectivity index (χ4n) is 0.516. The normalized spacial score (nSPS) is 18.9. The van der Waals surface area contributed by atoms with Crippen LogP contribution in [0.3, 0.4) is 0 Å². The van der Waals surface area contributed by atoms with Gasteiger partial charge in [-0.3, -0.25) is 4.79 Å². The van der Waals surface area contributed by atoms with Crippen LogP contribution in [-0.2, 0) is 4.79 Å². The lowest BCUT2D eigenvalue weighted by Crippen LogP contribution is -2.40. The monoisotopic (exact) mass is 384 g/mol. The molecule has 11 heavy (non-hydrogen) atoms. The maximum atomic E-state index is 10.3. The van der Waals surface area contributed by atoms with E-state index in [0.717, 1.165) is 0 Å². The van der Waals surface area contributed by atoms with Crippen molar-refractivity contribution < 1.29 is 9.90 Å². The summed E-state index contributed by atoms with van der Waals surface area (Å²) in [7, 11) is 0. The summed E-state index contributed by atoms with van der Waals surface area (Å²) in [5, 5.41) is 8.49. The highest BCUT2D eigenvalue weighted by Crippen LogP contribution is 2.14. The number of hydrogen-bond acceptors (Lipinski definition) is 3. The van der Waals surface area contributed by atoms with E-state index in [1.165, 1.54) is 0 Å². The summed E-state index contributed by atoms with van der Waals surface area (Å²) in [5.41, 5.74) is 10.8. The second-order valence-electron chi connectivity index (χ2n) is 2.13. The molecule has 66 valence electrons. The molecule has 0 aromatic rings. The first-order chi connectivity index (χ1) is 4.95. The third kappa shape index (κ3) is 5.15. The Labute approximate surface area is 92.4 Å². The summed E-state index contributed by atoms with van der Waals surface area (Å²) in [6.45, 7) is 0. The van der Waals surface area contributed by atoms with Gasteiger partial charge in [-0.2, -0.15) is 0 Å². The van der Waals surface area contributed by atoms with Crippen molar-refractivity contribution in [3.05, 3.63) is 0 Å². The van der Waals surface area contributed by atoms with Crippen LogP contribution in [-0.4, -0.2) is 25.1 Å². The fourth-order valence-corrected chi connectivity index (χ4v) is 2.89. The zero-order valence-electron chi connectivity index (χ0n) is 5.71. The predicted octanol–water partition coefficient (Wildman–Crippen LogP) is 0.312. The van der Waals surface area contributed by atoms with Gasteiger partial charge in [-0.15, -0.1) is 0 Å². The zero-order valence-corrected chi connectivity index (χ0v) is 10.0. The largest absolute Gasteiger partial charge is 0.480 e. The van der Waals surface area contributed by atoms with Gasteiger partial charge >= 0.3 is 5.97 Å². The number of carboxylic acid groups (broad SMARTS) is 1. The van der Waals surface area contributed by atoms with Gasteiger partial charge in [-0.25, -0.2) is 0 Å². The van der Waals surface area contributed by atoms with Crippen molar-refractivity contribution in [2.45, 2.75) is 20.4 Å². The first-order valence-electron chi connectivity index (χ1n) is 2.97. The highest BCUT2D eigenvalue weighted by Gasteiger charge is 2.22. The quantitative estimate of drug-likeness (QED) is 0.370. The Balaban J connectivity index is 3.82. The molecule has 0 aliphatic carbocycles. The van der Waals surface area contributed by atoms with E-state index in [2.05, 4.69) is 0 Å². The number of carbonyl (C=O) groups is 1. The minimum Gasteiger partial charge on any atom is -0.480 e. The SMILES string of the molecule is NC(I)CC(I)[C@H](N)C(=O)O. The second-order valence-corrected chi connectivity index (χ2v) is 5.33. The van der Waals surface area contributed by atoms with Gasteiger partial charge in [0.25, 0.3) is 0 Å². The maximum Gasteiger partial charge on any atom is 0.321 e. The van der Waals surface area contributed by atoms with E-state index in [1.807, 2.05) is 45.2 Å². The van der Waals surface area contributed by atoms with Gasteiger partial charge < -0.3 is 16.6 Å². The Morgan fingerprint density at radius 1 is 1.45 bits per heavy atom. The van der Waals surface area contributed by atoms with Gasteiger partial charge in [-0.1, -0.05) is 45.2 Å². The van der Waals surface area contributed by atoms with Crippen molar-refractivity contribution in [3.8, 4) is 0 Å². The van der Waals surface area contributed by atoms with Crippen molar-refractivity contribution in [2.75, 3.05) is 0 Å². The Hall–Kier alpha value is 0.850. The van der Waals surface area contributed by atoms with Crippen molar-refractivity contribution in [2.24, 2.45) is 11.5 Å². The topological polar surface area (TPSA) is 89.3 Å². The van der Waals surface area contributed by atoms with E-state index in [9.17, 15) is 4.79 Å². The molecule has 0 saturated heterocycles. The number of alkyl halides is 2. The first kappa shape index (κ1) is 11.8. The smallest absolute Gasteiger partial charge is 0.321 e. The van der Waals surface area contributed by atoms with Crippen LogP contribution in [0.2, 0.25) is 0 Å². The molecule has 5 N–H and O–H groups in total. The minimum atomic E-state index is -0.971. The lowest BCUT2D eigenvalue weighted by atomic mass is 10.2. The van der Waals surface area contributed by atoms with Crippen molar-refractivity contribution in [1.82, 2.24) is 0 Å². The van der Waals surface area contributed by atoms with Crippen LogP contribution in [0.15, 0.2) is 0 Å². The predicted molar refractivity (Wildman–Crippen MR) is 60.0 cm³/mol. The third-order valence-corrected chi connectivity index (χ3v) is 2.92.